The van der Waals surface area contributed by atoms with Crippen molar-refractivity contribution in [1.29, 1.82) is 0 Å². The molecule has 0 N–H and O–H groups in total. The van der Waals surface area contributed by atoms with Gasteiger partial charge in [-0.1, -0.05) is 6.42 Å². The predicted molar refractivity (Wildman–Crippen MR) is 42.6 cm³/mol. The highest BCUT2D eigenvalue weighted by Crippen LogP contribution is 2.27. The van der Waals surface area contributed by atoms with Crippen molar-refractivity contribution < 1.29 is 14.4 Å². The molecule has 3 heteroatoms. The summed E-state index contributed by atoms with van der Waals surface area (Å²) >= 11 is 0. The summed E-state index contributed by atoms with van der Waals surface area (Å²) in [7, 11) is 0. The molecule has 1 rings (SSSR count). The maximum atomic E-state index is 10.9. The van der Waals surface area contributed by atoms with Crippen LogP contribution < -0.4 is 0 Å². The third kappa shape index (κ3) is 2.00. The number of hydrogen-bond acceptors (Lipinski definition) is 3. The number of Topliss-reactive ketones (excluding diaryl/α,β-unsaturated/α-hetero) is 1. The van der Waals surface area contributed by atoms with Crippen LogP contribution >= 0.6 is 0 Å². The zero-order valence-electron chi connectivity index (χ0n) is 6.86. The number of ketones is 1. The largest absolute Gasteiger partial charge is 0.303 e. The summed E-state index contributed by atoms with van der Waals surface area (Å²) in [5.74, 6) is -0.541. The molecule has 1 aliphatic rings. The standard InChI is InChI=1S/C9H12O3/c10-5-7-2-1-3-8(4-7)9(12)6-11/h5-8H,1-4H2/t7-,8+/m1/s1. The first-order valence-electron chi connectivity index (χ1n) is 4.22. The Morgan fingerprint density at radius 2 is 2.00 bits per heavy atom. The molecule has 0 bridgehead atoms. The molecule has 1 saturated carbocycles. The second-order valence-electron chi connectivity index (χ2n) is 3.28. The van der Waals surface area contributed by atoms with Gasteiger partial charge in [0.2, 0.25) is 0 Å². The smallest absolute Gasteiger partial charge is 0.198 e. The van der Waals surface area contributed by atoms with Crippen LogP contribution in [0.25, 0.3) is 0 Å². The minimum Gasteiger partial charge on any atom is -0.303 e. The van der Waals surface area contributed by atoms with Crippen molar-refractivity contribution in [3.8, 4) is 0 Å². The lowest BCUT2D eigenvalue weighted by molar-refractivity contribution is -0.133. The van der Waals surface area contributed by atoms with Gasteiger partial charge in [-0.2, -0.15) is 0 Å². The molecule has 12 heavy (non-hydrogen) atoms. The van der Waals surface area contributed by atoms with Gasteiger partial charge in [0.1, 0.15) is 6.29 Å². The second kappa shape index (κ2) is 4.14. The van der Waals surface area contributed by atoms with E-state index in [2.05, 4.69) is 0 Å². The minimum atomic E-state index is -0.346. The van der Waals surface area contributed by atoms with E-state index in [0.29, 0.717) is 12.7 Å². The van der Waals surface area contributed by atoms with Gasteiger partial charge in [0, 0.05) is 11.8 Å². The Hall–Kier alpha value is -0.990. The van der Waals surface area contributed by atoms with E-state index in [0.717, 1.165) is 25.5 Å². The van der Waals surface area contributed by atoms with E-state index in [9.17, 15) is 14.4 Å². The van der Waals surface area contributed by atoms with Crippen molar-refractivity contribution in [1.82, 2.24) is 0 Å². The van der Waals surface area contributed by atoms with E-state index < -0.39 is 0 Å². The summed E-state index contributed by atoms with van der Waals surface area (Å²) in [6.07, 6.45) is 4.35. The number of carbonyl (C=O) groups is 3. The summed E-state index contributed by atoms with van der Waals surface area (Å²) < 4.78 is 0. The fourth-order valence-corrected chi connectivity index (χ4v) is 1.71. The SMILES string of the molecule is O=CC(=O)[C@H]1CCC[C@@H](C=O)C1. The van der Waals surface area contributed by atoms with Crippen LogP contribution in [0.5, 0.6) is 0 Å². The van der Waals surface area contributed by atoms with Crippen molar-refractivity contribution >= 4 is 18.4 Å². The van der Waals surface area contributed by atoms with Crippen molar-refractivity contribution in [2.45, 2.75) is 25.7 Å². The molecule has 0 aromatic heterocycles. The maximum Gasteiger partial charge on any atom is 0.198 e. The minimum absolute atomic E-state index is 0.00681. The Balaban J connectivity index is 2.50. The lowest BCUT2D eigenvalue weighted by atomic mass is 9.80. The molecule has 0 amide bonds. The fraction of sp³-hybridized carbons (Fsp3) is 0.667. The molecule has 0 saturated heterocycles. The van der Waals surface area contributed by atoms with Crippen LogP contribution in [0.15, 0.2) is 0 Å². The molecule has 0 aliphatic heterocycles. The van der Waals surface area contributed by atoms with Crippen LogP contribution in [0.1, 0.15) is 25.7 Å². The highest BCUT2D eigenvalue weighted by Gasteiger charge is 2.26. The predicted octanol–water partition coefficient (Wildman–Crippen LogP) is 0.760. The Morgan fingerprint density at radius 3 is 2.58 bits per heavy atom. The molecule has 0 aromatic rings. The Bertz CT molecular complexity index is 198. The normalized spacial score (nSPS) is 29.3. The van der Waals surface area contributed by atoms with Gasteiger partial charge in [0.05, 0.1) is 0 Å². The molecule has 1 aliphatic carbocycles. The van der Waals surface area contributed by atoms with Gasteiger partial charge in [0.15, 0.2) is 12.1 Å². The van der Waals surface area contributed by atoms with E-state index in [1.807, 2.05) is 0 Å². The van der Waals surface area contributed by atoms with Crippen LogP contribution in [-0.2, 0) is 14.4 Å². The Morgan fingerprint density at radius 1 is 1.25 bits per heavy atom. The van der Waals surface area contributed by atoms with Crippen LogP contribution in [0, 0.1) is 11.8 Å². The van der Waals surface area contributed by atoms with Gasteiger partial charge < -0.3 is 4.79 Å². The van der Waals surface area contributed by atoms with Crippen LogP contribution in [-0.4, -0.2) is 18.4 Å². The van der Waals surface area contributed by atoms with Crippen molar-refractivity contribution in [3.63, 3.8) is 0 Å². The van der Waals surface area contributed by atoms with Crippen LogP contribution in [0.2, 0.25) is 0 Å². The second-order valence-corrected chi connectivity index (χ2v) is 3.28. The first-order chi connectivity index (χ1) is 5.77. The zero-order valence-corrected chi connectivity index (χ0v) is 6.86. The summed E-state index contributed by atoms with van der Waals surface area (Å²) in [6, 6.07) is 0. The third-order valence-corrected chi connectivity index (χ3v) is 2.43. The van der Waals surface area contributed by atoms with Crippen molar-refractivity contribution in [2.75, 3.05) is 0 Å². The molecular formula is C9H12O3. The molecule has 3 nitrogen and oxygen atoms in total. The summed E-state index contributed by atoms with van der Waals surface area (Å²) in [6.45, 7) is 0. The van der Waals surface area contributed by atoms with Gasteiger partial charge in [-0.3, -0.25) is 9.59 Å². The highest BCUT2D eigenvalue weighted by molar-refractivity contribution is 6.25. The average molecular weight is 168 g/mol. The molecule has 0 aromatic carbocycles. The van der Waals surface area contributed by atoms with E-state index in [-0.39, 0.29) is 17.6 Å². The van der Waals surface area contributed by atoms with Gasteiger partial charge in [-0.05, 0) is 19.3 Å². The van der Waals surface area contributed by atoms with E-state index in [4.69, 9.17) is 0 Å². The van der Waals surface area contributed by atoms with E-state index in [1.165, 1.54) is 0 Å². The zero-order chi connectivity index (χ0) is 8.97. The summed E-state index contributed by atoms with van der Waals surface area (Å²) in [5.41, 5.74) is 0. The van der Waals surface area contributed by atoms with Crippen LogP contribution in [0.4, 0.5) is 0 Å². The van der Waals surface area contributed by atoms with Gasteiger partial charge in [-0.25, -0.2) is 0 Å². The number of carbonyl (C=O) groups excluding carboxylic acids is 3. The Kier molecular flexibility index (Phi) is 3.14. The third-order valence-electron chi connectivity index (χ3n) is 2.43. The molecular weight excluding hydrogens is 156 g/mol. The molecule has 0 unspecified atom stereocenters. The quantitative estimate of drug-likeness (QED) is 0.461. The van der Waals surface area contributed by atoms with Crippen molar-refractivity contribution in [2.24, 2.45) is 11.8 Å². The lowest BCUT2D eigenvalue weighted by Gasteiger charge is -2.22. The molecule has 2 atom stereocenters. The molecule has 0 spiro atoms. The van der Waals surface area contributed by atoms with E-state index in [1.54, 1.807) is 0 Å². The number of aldehydes is 2. The molecule has 0 radical (unpaired) electrons. The van der Waals surface area contributed by atoms with Crippen molar-refractivity contribution in [3.05, 3.63) is 0 Å². The summed E-state index contributed by atoms with van der Waals surface area (Å²) in [5, 5.41) is 0. The fourth-order valence-electron chi connectivity index (χ4n) is 1.71. The van der Waals surface area contributed by atoms with E-state index >= 15 is 0 Å². The topological polar surface area (TPSA) is 51.2 Å². The highest BCUT2D eigenvalue weighted by atomic mass is 16.2. The first-order valence-corrected chi connectivity index (χ1v) is 4.22. The monoisotopic (exact) mass is 168 g/mol. The number of rotatable bonds is 3. The maximum absolute atomic E-state index is 10.9. The lowest BCUT2D eigenvalue weighted by Crippen LogP contribution is -2.24. The Labute approximate surface area is 71.1 Å². The number of hydrogen-bond donors (Lipinski definition) is 0. The molecule has 66 valence electrons. The molecule has 1 fully saturated rings. The first kappa shape index (κ1) is 9.10. The van der Waals surface area contributed by atoms with Gasteiger partial charge in [-0.15, -0.1) is 0 Å². The van der Waals surface area contributed by atoms with Gasteiger partial charge in [0.25, 0.3) is 0 Å². The van der Waals surface area contributed by atoms with Crippen LogP contribution in [0.3, 0.4) is 0 Å². The van der Waals surface area contributed by atoms with Gasteiger partial charge >= 0.3 is 0 Å². The average Bonchev–Trinajstić information content (AvgIpc) is 2.17. The molecule has 0 heterocycles. The summed E-state index contributed by atoms with van der Waals surface area (Å²) in [4.78, 5) is 31.5.